The van der Waals surface area contributed by atoms with Crippen molar-refractivity contribution >= 4 is 17.5 Å². The van der Waals surface area contributed by atoms with Gasteiger partial charge in [-0.1, -0.05) is 0 Å². The molecule has 0 heterocycles. The predicted octanol–water partition coefficient (Wildman–Crippen LogP) is 0.734. The first-order valence-electron chi connectivity index (χ1n) is 5.26. The number of methoxy groups -OCH3 is 1. The molecule has 82 valence electrons. The van der Waals surface area contributed by atoms with Gasteiger partial charge in [0.1, 0.15) is 11.6 Å². The van der Waals surface area contributed by atoms with E-state index in [0.29, 0.717) is 19.3 Å². The maximum Gasteiger partial charge on any atom is 0.308 e. The minimum Gasteiger partial charge on any atom is -0.469 e. The number of rotatable bonds is 1. The van der Waals surface area contributed by atoms with Crippen molar-refractivity contribution in [3.05, 3.63) is 0 Å². The van der Waals surface area contributed by atoms with Crippen molar-refractivity contribution in [2.24, 2.45) is 17.8 Å². The van der Waals surface area contributed by atoms with Crippen molar-refractivity contribution in [3.63, 3.8) is 0 Å². The highest BCUT2D eigenvalue weighted by molar-refractivity contribution is 6.08. The van der Waals surface area contributed by atoms with Gasteiger partial charge in [0.2, 0.25) is 0 Å². The summed E-state index contributed by atoms with van der Waals surface area (Å²) >= 11 is 0. The highest BCUT2D eigenvalue weighted by Crippen LogP contribution is 2.40. The molecule has 2 aliphatic rings. The average molecular weight is 210 g/mol. The zero-order chi connectivity index (χ0) is 11.0. The number of hydrogen-bond donors (Lipinski definition) is 0. The largest absolute Gasteiger partial charge is 0.469 e. The fraction of sp³-hybridized carbons (Fsp3) is 0.727. The van der Waals surface area contributed by atoms with Crippen molar-refractivity contribution in [1.82, 2.24) is 0 Å². The minimum atomic E-state index is -0.249. The summed E-state index contributed by atoms with van der Waals surface area (Å²) in [4.78, 5) is 34.3. The zero-order valence-corrected chi connectivity index (χ0v) is 8.69. The number of hydrogen-bond acceptors (Lipinski definition) is 4. The Bertz CT molecular complexity index is 321. The molecular weight excluding hydrogens is 196 g/mol. The Morgan fingerprint density at radius 1 is 1.20 bits per heavy atom. The molecule has 0 bridgehead atoms. The quantitative estimate of drug-likeness (QED) is 0.473. The number of fused-ring (bicyclic) bond motifs is 1. The Labute approximate surface area is 88.0 Å². The van der Waals surface area contributed by atoms with Crippen LogP contribution in [0, 0.1) is 17.8 Å². The van der Waals surface area contributed by atoms with Crippen molar-refractivity contribution in [2.75, 3.05) is 7.11 Å². The number of ether oxygens (including phenoxy) is 1. The van der Waals surface area contributed by atoms with Gasteiger partial charge in [-0.15, -0.1) is 0 Å². The van der Waals surface area contributed by atoms with Crippen LogP contribution in [-0.2, 0) is 19.1 Å². The van der Waals surface area contributed by atoms with E-state index in [2.05, 4.69) is 4.74 Å². The van der Waals surface area contributed by atoms with Gasteiger partial charge in [-0.05, 0) is 19.3 Å². The van der Waals surface area contributed by atoms with Crippen LogP contribution in [0.2, 0.25) is 0 Å². The first-order chi connectivity index (χ1) is 7.13. The van der Waals surface area contributed by atoms with Crippen LogP contribution in [-0.4, -0.2) is 24.6 Å². The Morgan fingerprint density at radius 3 is 2.53 bits per heavy atom. The van der Waals surface area contributed by atoms with Crippen LogP contribution >= 0.6 is 0 Å². The lowest BCUT2D eigenvalue weighted by Crippen LogP contribution is -2.31. The lowest BCUT2D eigenvalue weighted by atomic mass is 9.75. The number of carbonyl (C=O) groups is 3. The SMILES string of the molecule is COC(=O)C1CCC2C(=O)CC(=O)C2C1. The zero-order valence-electron chi connectivity index (χ0n) is 8.69. The second-order valence-corrected chi connectivity index (χ2v) is 4.36. The molecule has 0 radical (unpaired) electrons. The van der Waals surface area contributed by atoms with Crippen LogP contribution in [0.5, 0.6) is 0 Å². The Balaban J connectivity index is 2.08. The molecule has 3 atom stereocenters. The van der Waals surface area contributed by atoms with Gasteiger partial charge in [-0.3, -0.25) is 14.4 Å². The average Bonchev–Trinajstić information content (AvgIpc) is 2.53. The second kappa shape index (κ2) is 3.76. The highest BCUT2D eigenvalue weighted by atomic mass is 16.5. The summed E-state index contributed by atoms with van der Waals surface area (Å²) in [5.41, 5.74) is 0. The van der Waals surface area contributed by atoms with Crippen LogP contribution in [0.1, 0.15) is 25.7 Å². The lowest BCUT2D eigenvalue weighted by Gasteiger charge is -2.27. The predicted molar refractivity (Wildman–Crippen MR) is 51.0 cm³/mol. The van der Waals surface area contributed by atoms with E-state index in [-0.39, 0.29) is 41.7 Å². The third kappa shape index (κ3) is 1.68. The standard InChI is InChI=1S/C11H14O4/c1-15-11(14)6-2-3-7-8(4-6)10(13)5-9(7)12/h6-8H,2-5H2,1H3. The third-order valence-corrected chi connectivity index (χ3v) is 3.56. The van der Waals surface area contributed by atoms with Gasteiger partial charge in [-0.2, -0.15) is 0 Å². The normalized spacial score (nSPS) is 35.1. The molecule has 2 saturated carbocycles. The number of esters is 1. The Hall–Kier alpha value is -1.19. The molecule has 3 unspecified atom stereocenters. The molecule has 0 saturated heterocycles. The molecular formula is C11H14O4. The van der Waals surface area contributed by atoms with Crippen molar-refractivity contribution < 1.29 is 19.1 Å². The van der Waals surface area contributed by atoms with Crippen molar-refractivity contribution in [1.29, 1.82) is 0 Å². The lowest BCUT2D eigenvalue weighted by molar-refractivity contribution is -0.148. The molecule has 0 aromatic carbocycles. The molecule has 0 spiro atoms. The molecule has 0 aromatic heterocycles. The monoisotopic (exact) mass is 210 g/mol. The van der Waals surface area contributed by atoms with E-state index in [1.807, 2.05) is 0 Å². The van der Waals surface area contributed by atoms with Crippen LogP contribution in [0.15, 0.2) is 0 Å². The maximum absolute atomic E-state index is 11.5. The van der Waals surface area contributed by atoms with E-state index in [9.17, 15) is 14.4 Å². The van der Waals surface area contributed by atoms with Crippen LogP contribution in [0.25, 0.3) is 0 Å². The first-order valence-corrected chi connectivity index (χ1v) is 5.26. The van der Waals surface area contributed by atoms with Gasteiger partial charge in [0.25, 0.3) is 0 Å². The summed E-state index contributed by atoms with van der Waals surface area (Å²) in [6.07, 6.45) is 1.91. The minimum absolute atomic E-state index is 0.0126. The highest BCUT2D eigenvalue weighted by Gasteiger charge is 2.46. The second-order valence-electron chi connectivity index (χ2n) is 4.36. The Kier molecular flexibility index (Phi) is 2.59. The Morgan fingerprint density at radius 2 is 1.87 bits per heavy atom. The summed E-state index contributed by atoms with van der Waals surface area (Å²) in [5, 5.41) is 0. The van der Waals surface area contributed by atoms with Gasteiger partial charge in [-0.25, -0.2) is 0 Å². The van der Waals surface area contributed by atoms with Gasteiger partial charge < -0.3 is 4.74 Å². The molecule has 15 heavy (non-hydrogen) atoms. The van der Waals surface area contributed by atoms with Crippen LogP contribution < -0.4 is 0 Å². The van der Waals surface area contributed by atoms with E-state index in [0.717, 1.165) is 0 Å². The molecule has 0 amide bonds. The number of Topliss-reactive ketones (excluding diaryl/α,β-unsaturated/α-hetero) is 2. The maximum atomic E-state index is 11.5. The topological polar surface area (TPSA) is 60.4 Å². The molecule has 4 heteroatoms. The fourth-order valence-corrected chi connectivity index (χ4v) is 2.73. The molecule has 0 N–H and O–H groups in total. The van der Waals surface area contributed by atoms with Gasteiger partial charge in [0.05, 0.1) is 19.4 Å². The smallest absolute Gasteiger partial charge is 0.308 e. The molecule has 0 aliphatic heterocycles. The summed E-state index contributed by atoms with van der Waals surface area (Å²) in [6, 6.07) is 0. The van der Waals surface area contributed by atoms with Crippen LogP contribution in [0.4, 0.5) is 0 Å². The summed E-state index contributed by atoms with van der Waals surface area (Å²) in [5.74, 6) is -0.688. The fourth-order valence-electron chi connectivity index (χ4n) is 2.73. The number of ketones is 2. The number of carbonyl (C=O) groups excluding carboxylic acids is 3. The molecule has 2 aliphatic carbocycles. The molecule has 2 rings (SSSR count). The molecule has 2 fully saturated rings. The van der Waals surface area contributed by atoms with Gasteiger partial charge in [0, 0.05) is 11.8 Å². The van der Waals surface area contributed by atoms with Gasteiger partial charge >= 0.3 is 5.97 Å². The van der Waals surface area contributed by atoms with Crippen LogP contribution in [0.3, 0.4) is 0 Å². The molecule has 0 aromatic rings. The van der Waals surface area contributed by atoms with E-state index in [4.69, 9.17) is 0 Å². The first kappa shape index (κ1) is 10.3. The summed E-state index contributed by atoms with van der Waals surface area (Å²) < 4.78 is 4.67. The van der Waals surface area contributed by atoms with E-state index < -0.39 is 0 Å². The van der Waals surface area contributed by atoms with E-state index in [1.165, 1.54) is 7.11 Å². The van der Waals surface area contributed by atoms with E-state index >= 15 is 0 Å². The molecule has 4 nitrogen and oxygen atoms in total. The van der Waals surface area contributed by atoms with Crippen molar-refractivity contribution in [3.8, 4) is 0 Å². The van der Waals surface area contributed by atoms with E-state index in [1.54, 1.807) is 0 Å². The van der Waals surface area contributed by atoms with Gasteiger partial charge in [0.15, 0.2) is 0 Å². The summed E-state index contributed by atoms with van der Waals surface area (Å²) in [7, 11) is 1.36. The van der Waals surface area contributed by atoms with Crippen molar-refractivity contribution in [2.45, 2.75) is 25.7 Å². The third-order valence-electron chi connectivity index (χ3n) is 3.56. The summed E-state index contributed by atoms with van der Waals surface area (Å²) in [6.45, 7) is 0.